The van der Waals surface area contributed by atoms with Crippen molar-refractivity contribution >= 4 is 27.5 Å². The van der Waals surface area contributed by atoms with Crippen LogP contribution in [0, 0.1) is 0 Å². The van der Waals surface area contributed by atoms with Gasteiger partial charge in [-0.3, -0.25) is 4.79 Å². The van der Waals surface area contributed by atoms with Crippen molar-refractivity contribution in [3.8, 4) is 5.75 Å². The minimum atomic E-state index is 0.296. The molecule has 1 amide bonds. The van der Waals surface area contributed by atoms with Crippen LogP contribution < -0.4 is 9.64 Å². The molecule has 2 aliphatic rings. The van der Waals surface area contributed by atoms with Crippen LogP contribution in [0.2, 0.25) is 0 Å². The maximum atomic E-state index is 12.6. The summed E-state index contributed by atoms with van der Waals surface area (Å²) in [5.41, 5.74) is 3.79. The van der Waals surface area contributed by atoms with E-state index in [1.807, 2.05) is 12.1 Å². The van der Waals surface area contributed by atoms with Gasteiger partial charge in [0.05, 0.1) is 48.0 Å². The monoisotopic (exact) mass is 422 g/mol. The highest BCUT2D eigenvalue weighted by Crippen LogP contribution is 2.25. The van der Waals surface area contributed by atoms with Crippen molar-refractivity contribution in [2.45, 2.75) is 32.2 Å². The largest absolute Gasteiger partial charge is 0.493 e. The van der Waals surface area contributed by atoms with Gasteiger partial charge >= 0.3 is 0 Å². The predicted octanol–water partition coefficient (Wildman–Crippen LogP) is 2.48. The molecule has 3 heterocycles. The van der Waals surface area contributed by atoms with Crippen molar-refractivity contribution in [2.75, 3.05) is 32.8 Å². The van der Waals surface area contributed by atoms with E-state index in [2.05, 4.69) is 40.2 Å². The van der Waals surface area contributed by atoms with E-state index in [0.717, 1.165) is 74.9 Å². The second kappa shape index (κ2) is 8.74. The maximum absolute atomic E-state index is 12.6. The topological polar surface area (TPSA) is 46.9 Å². The number of quaternary nitrogens is 1. The molecular formula is C24H28N3O2S+. The number of ether oxygens (including phenoxy) is 1. The number of piperazine rings is 1. The number of carbonyl (C=O) groups is 1. The summed E-state index contributed by atoms with van der Waals surface area (Å²) in [6, 6.07) is 14.8. The van der Waals surface area contributed by atoms with E-state index in [1.54, 1.807) is 16.2 Å². The molecule has 5 nitrogen and oxygen atoms in total. The first-order chi connectivity index (χ1) is 14.7. The lowest BCUT2D eigenvalue weighted by Gasteiger charge is -2.32. The Hall–Kier alpha value is -2.44. The van der Waals surface area contributed by atoms with Crippen LogP contribution in [-0.2, 0) is 24.2 Å². The predicted molar refractivity (Wildman–Crippen MR) is 119 cm³/mol. The summed E-state index contributed by atoms with van der Waals surface area (Å²) in [4.78, 5) is 20.9. The van der Waals surface area contributed by atoms with Gasteiger partial charge in [0.15, 0.2) is 0 Å². The van der Waals surface area contributed by atoms with E-state index in [0.29, 0.717) is 12.3 Å². The van der Waals surface area contributed by atoms with Crippen LogP contribution in [-0.4, -0.2) is 48.6 Å². The molecule has 0 atom stereocenters. The number of fused-ring (bicyclic) bond motifs is 2. The Balaban J connectivity index is 1.06. The average Bonchev–Trinajstić information content (AvgIpc) is 3.40. The smallest absolute Gasteiger partial charge is 0.222 e. The maximum Gasteiger partial charge on any atom is 0.222 e. The van der Waals surface area contributed by atoms with E-state index in [1.165, 1.54) is 15.8 Å². The first-order valence-electron chi connectivity index (χ1n) is 10.9. The van der Waals surface area contributed by atoms with Gasteiger partial charge in [-0.05, 0) is 48.7 Å². The highest BCUT2D eigenvalue weighted by molar-refractivity contribution is 7.18. The van der Waals surface area contributed by atoms with Gasteiger partial charge in [-0.25, -0.2) is 4.98 Å². The lowest BCUT2D eigenvalue weighted by atomic mass is 10.1. The molecule has 0 radical (unpaired) electrons. The molecule has 1 fully saturated rings. The second-order valence-electron chi connectivity index (χ2n) is 8.28. The Morgan fingerprint density at radius 1 is 1.17 bits per heavy atom. The first kappa shape index (κ1) is 19.5. The number of amides is 1. The SMILES string of the molecule is O=C(CCCc1nc2ccccc2s1)N1CC[NH+](Cc2ccc3c(c2)CCO3)CC1. The number of aryl methyl sites for hydroxylation is 1. The van der Waals surface area contributed by atoms with Gasteiger partial charge in [0.2, 0.25) is 5.91 Å². The lowest BCUT2D eigenvalue weighted by molar-refractivity contribution is -0.917. The molecule has 1 aromatic heterocycles. The number of rotatable bonds is 6. The number of aromatic nitrogens is 1. The number of nitrogens with zero attached hydrogens (tertiary/aromatic N) is 2. The quantitative estimate of drug-likeness (QED) is 0.664. The normalized spacial score (nSPS) is 16.6. The molecule has 0 spiro atoms. The van der Waals surface area contributed by atoms with Gasteiger partial charge in [0.25, 0.3) is 0 Å². The van der Waals surface area contributed by atoms with Crippen molar-refractivity contribution in [3.63, 3.8) is 0 Å². The summed E-state index contributed by atoms with van der Waals surface area (Å²) in [5, 5.41) is 1.14. The summed E-state index contributed by atoms with van der Waals surface area (Å²) < 4.78 is 6.84. The molecule has 1 N–H and O–H groups in total. The van der Waals surface area contributed by atoms with E-state index in [-0.39, 0.29) is 0 Å². The standard InChI is InChI=1S/C24H27N3O2S/c28-24(7-3-6-23-25-20-4-1-2-5-22(20)30-23)27-13-11-26(12-14-27)17-18-8-9-21-19(16-18)10-15-29-21/h1-2,4-5,8-9,16H,3,6-7,10-15,17H2/p+1. The summed E-state index contributed by atoms with van der Waals surface area (Å²) >= 11 is 1.75. The van der Waals surface area contributed by atoms with Crippen molar-refractivity contribution in [3.05, 3.63) is 58.6 Å². The van der Waals surface area contributed by atoms with Crippen LogP contribution in [0.5, 0.6) is 5.75 Å². The molecule has 0 bridgehead atoms. The zero-order valence-electron chi connectivity index (χ0n) is 17.2. The zero-order valence-corrected chi connectivity index (χ0v) is 18.0. The number of thiazole rings is 1. The lowest BCUT2D eigenvalue weighted by Crippen LogP contribution is -3.13. The van der Waals surface area contributed by atoms with Gasteiger partial charge in [0, 0.05) is 18.4 Å². The molecular weight excluding hydrogens is 394 g/mol. The van der Waals surface area contributed by atoms with Crippen LogP contribution in [0.25, 0.3) is 10.2 Å². The van der Waals surface area contributed by atoms with Crippen molar-refractivity contribution in [2.24, 2.45) is 0 Å². The molecule has 6 heteroatoms. The Morgan fingerprint density at radius 2 is 2.03 bits per heavy atom. The van der Waals surface area contributed by atoms with Gasteiger partial charge in [-0.1, -0.05) is 12.1 Å². The van der Waals surface area contributed by atoms with Gasteiger partial charge in [-0.15, -0.1) is 11.3 Å². The number of nitrogens with one attached hydrogen (secondary N) is 1. The molecule has 30 heavy (non-hydrogen) atoms. The molecule has 0 unspecified atom stereocenters. The molecule has 2 aliphatic heterocycles. The molecule has 3 aromatic rings. The number of hydrogen-bond donors (Lipinski definition) is 1. The highest BCUT2D eigenvalue weighted by atomic mass is 32.1. The minimum absolute atomic E-state index is 0.296. The summed E-state index contributed by atoms with van der Waals surface area (Å²) in [7, 11) is 0. The molecule has 2 aromatic carbocycles. The Bertz CT molecular complexity index is 1010. The van der Waals surface area contributed by atoms with Crippen LogP contribution >= 0.6 is 11.3 Å². The number of para-hydroxylation sites is 1. The van der Waals surface area contributed by atoms with Crippen molar-refractivity contribution in [1.82, 2.24) is 9.88 Å². The minimum Gasteiger partial charge on any atom is -0.493 e. The summed E-state index contributed by atoms with van der Waals surface area (Å²) in [5.74, 6) is 1.35. The van der Waals surface area contributed by atoms with E-state index >= 15 is 0 Å². The van der Waals surface area contributed by atoms with Gasteiger partial charge < -0.3 is 14.5 Å². The molecule has 1 saturated heterocycles. The van der Waals surface area contributed by atoms with Crippen LogP contribution in [0.4, 0.5) is 0 Å². The highest BCUT2D eigenvalue weighted by Gasteiger charge is 2.24. The summed E-state index contributed by atoms with van der Waals surface area (Å²) in [6.45, 7) is 5.62. The van der Waals surface area contributed by atoms with Crippen LogP contribution in [0.3, 0.4) is 0 Å². The van der Waals surface area contributed by atoms with Crippen molar-refractivity contribution in [1.29, 1.82) is 0 Å². The molecule has 0 aliphatic carbocycles. The van der Waals surface area contributed by atoms with E-state index in [4.69, 9.17) is 4.74 Å². The fourth-order valence-corrected chi connectivity index (χ4v) is 5.47. The first-order valence-corrected chi connectivity index (χ1v) is 11.8. The molecule has 156 valence electrons. The number of carbonyl (C=O) groups excluding carboxylic acids is 1. The van der Waals surface area contributed by atoms with Crippen LogP contribution in [0.15, 0.2) is 42.5 Å². The number of hydrogen-bond acceptors (Lipinski definition) is 4. The molecule has 0 saturated carbocycles. The van der Waals surface area contributed by atoms with E-state index < -0.39 is 0 Å². The van der Waals surface area contributed by atoms with E-state index in [9.17, 15) is 4.79 Å². The zero-order chi connectivity index (χ0) is 20.3. The Kier molecular flexibility index (Phi) is 5.69. The fraction of sp³-hybridized carbons (Fsp3) is 0.417. The third-order valence-electron chi connectivity index (χ3n) is 6.15. The molecule has 5 rings (SSSR count). The summed E-state index contributed by atoms with van der Waals surface area (Å²) in [6.07, 6.45) is 3.41. The average molecular weight is 423 g/mol. The van der Waals surface area contributed by atoms with Gasteiger partial charge in [0.1, 0.15) is 12.3 Å². The Morgan fingerprint density at radius 3 is 2.90 bits per heavy atom. The third kappa shape index (κ3) is 4.35. The van der Waals surface area contributed by atoms with Gasteiger partial charge in [-0.2, -0.15) is 0 Å². The Labute approximate surface area is 181 Å². The number of benzene rings is 2. The fourth-order valence-electron chi connectivity index (χ4n) is 4.46. The van der Waals surface area contributed by atoms with Crippen LogP contribution in [0.1, 0.15) is 29.0 Å². The van der Waals surface area contributed by atoms with Crippen molar-refractivity contribution < 1.29 is 14.4 Å². The third-order valence-corrected chi connectivity index (χ3v) is 7.25. The second-order valence-corrected chi connectivity index (χ2v) is 9.39.